The molecule has 1 aromatic heterocycles. The fourth-order valence-corrected chi connectivity index (χ4v) is 2.98. The molecule has 0 bridgehead atoms. The molecule has 1 N–H and O–H groups in total. The minimum absolute atomic E-state index is 0.328. The minimum Gasteiger partial charge on any atom is -0.478 e. The smallest absolute Gasteiger partial charge is 0.335 e. The van der Waals surface area contributed by atoms with E-state index in [9.17, 15) is 4.79 Å². The summed E-state index contributed by atoms with van der Waals surface area (Å²) in [6, 6.07) is 11.4. The van der Waals surface area contributed by atoms with E-state index in [1.165, 1.54) is 22.3 Å². The molecule has 0 amide bonds. The van der Waals surface area contributed by atoms with Gasteiger partial charge in [-0.05, 0) is 52.1 Å². The average Bonchev–Trinajstić information content (AvgIpc) is 2.85. The van der Waals surface area contributed by atoms with Crippen LogP contribution in [-0.4, -0.2) is 16.1 Å². The molecule has 2 aromatic carbocycles. The van der Waals surface area contributed by atoms with E-state index in [0.29, 0.717) is 5.56 Å². The zero-order valence-corrected chi connectivity index (χ0v) is 10.6. The molecule has 0 fully saturated rings. The Balaban J connectivity index is 1.99. The molecule has 0 aliphatic heterocycles. The van der Waals surface area contributed by atoms with Gasteiger partial charge in [0.1, 0.15) is 0 Å². The number of rotatable bonds is 1. The Bertz CT molecular complexity index is 868. The predicted molar refractivity (Wildman–Crippen MR) is 76.9 cm³/mol. The van der Waals surface area contributed by atoms with Crippen molar-refractivity contribution in [1.82, 2.24) is 4.98 Å². The highest BCUT2D eigenvalue weighted by Crippen LogP contribution is 2.39. The Kier molecular flexibility index (Phi) is 2.18. The van der Waals surface area contributed by atoms with Crippen LogP contribution in [0.4, 0.5) is 0 Å². The molecular weight excluding hydrogens is 250 g/mol. The normalized spacial score (nSPS) is 12.2. The number of aromatic carboxylic acids is 1. The van der Waals surface area contributed by atoms with Crippen LogP contribution >= 0.6 is 0 Å². The standard InChI is InChI=1S/C17H11NO2/c19-17(20)12-2-3-13-10(7-12)1-4-14-15(13)8-11-5-6-18-9-16(11)14/h1-7,9H,8H2,(H,19,20). The number of hydrogen-bond donors (Lipinski definition) is 1. The van der Waals surface area contributed by atoms with Crippen molar-refractivity contribution in [2.24, 2.45) is 0 Å². The second kappa shape index (κ2) is 3.90. The lowest BCUT2D eigenvalue weighted by molar-refractivity contribution is 0.0697. The van der Waals surface area contributed by atoms with Crippen LogP contribution in [0.25, 0.3) is 21.9 Å². The third kappa shape index (κ3) is 1.46. The van der Waals surface area contributed by atoms with Crippen molar-refractivity contribution in [3.63, 3.8) is 0 Å². The molecule has 1 aliphatic carbocycles. The quantitative estimate of drug-likeness (QED) is 0.570. The number of nitrogens with zero attached hydrogens (tertiary/aromatic N) is 1. The van der Waals surface area contributed by atoms with E-state index in [4.69, 9.17) is 5.11 Å². The number of carboxylic acid groups (broad SMARTS) is 1. The number of carboxylic acids is 1. The maximum Gasteiger partial charge on any atom is 0.335 e. The molecular formula is C17H11NO2. The van der Waals surface area contributed by atoms with Gasteiger partial charge in [-0.1, -0.05) is 18.2 Å². The highest BCUT2D eigenvalue weighted by molar-refractivity contribution is 5.99. The van der Waals surface area contributed by atoms with Gasteiger partial charge in [0.2, 0.25) is 0 Å². The van der Waals surface area contributed by atoms with E-state index < -0.39 is 5.97 Å². The molecule has 3 nitrogen and oxygen atoms in total. The first-order chi connectivity index (χ1) is 9.74. The van der Waals surface area contributed by atoms with Crippen LogP contribution in [0.15, 0.2) is 48.8 Å². The van der Waals surface area contributed by atoms with E-state index in [0.717, 1.165) is 17.2 Å². The molecule has 1 aliphatic rings. The second-order valence-corrected chi connectivity index (χ2v) is 5.04. The average molecular weight is 261 g/mol. The molecule has 20 heavy (non-hydrogen) atoms. The Morgan fingerprint density at radius 3 is 2.85 bits per heavy atom. The number of pyridine rings is 1. The number of fused-ring (bicyclic) bond motifs is 5. The van der Waals surface area contributed by atoms with Crippen molar-refractivity contribution in [1.29, 1.82) is 0 Å². The minimum atomic E-state index is -0.889. The SMILES string of the molecule is O=C(O)c1ccc2c3c(ccc2c1)-c1cnccc1C3. The topological polar surface area (TPSA) is 50.2 Å². The lowest BCUT2D eigenvalue weighted by atomic mass is 9.98. The van der Waals surface area contributed by atoms with E-state index >= 15 is 0 Å². The lowest BCUT2D eigenvalue weighted by Gasteiger charge is -2.06. The van der Waals surface area contributed by atoms with Crippen molar-refractivity contribution < 1.29 is 9.90 Å². The zero-order valence-electron chi connectivity index (χ0n) is 10.6. The first kappa shape index (κ1) is 11.2. The fraction of sp³-hybridized carbons (Fsp3) is 0.0588. The van der Waals surface area contributed by atoms with Crippen molar-refractivity contribution in [3.8, 4) is 11.1 Å². The molecule has 0 saturated heterocycles. The van der Waals surface area contributed by atoms with E-state index in [2.05, 4.69) is 11.1 Å². The number of benzene rings is 2. The first-order valence-electron chi connectivity index (χ1n) is 6.46. The van der Waals surface area contributed by atoms with Gasteiger partial charge in [0.05, 0.1) is 5.56 Å². The van der Waals surface area contributed by atoms with Crippen LogP contribution in [0.3, 0.4) is 0 Å². The molecule has 0 radical (unpaired) electrons. The molecule has 1 heterocycles. The second-order valence-electron chi connectivity index (χ2n) is 5.04. The molecule has 0 atom stereocenters. The van der Waals surface area contributed by atoms with E-state index in [1.807, 2.05) is 30.6 Å². The molecule has 0 unspecified atom stereocenters. The highest BCUT2D eigenvalue weighted by Gasteiger charge is 2.20. The van der Waals surface area contributed by atoms with Crippen molar-refractivity contribution in [3.05, 3.63) is 65.5 Å². The van der Waals surface area contributed by atoms with Gasteiger partial charge in [-0.2, -0.15) is 0 Å². The summed E-state index contributed by atoms with van der Waals surface area (Å²) in [6.45, 7) is 0. The van der Waals surface area contributed by atoms with Crippen molar-refractivity contribution in [2.45, 2.75) is 6.42 Å². The zero-order chi connectivity index (χ0) is 13.7. The van der Waals surface area contributed by atoms with Gasteiger partial charge < -0.3 is 5.11 Å². The Morgan fingerprint density at radius 2 is 2.00 bits per heavy atom. The first-order valence-corrected chi connectivity index (χ1v) is 6.46. The third-order valence-electron chi connectivity index (χ3n) is 3.95. The van der Waals surface area contributed by atoms with Crippen LogP contribution < -0.4 is 0 Å². The molecule has 0 spiro atoms. The largest absolute Gasteiger partial charge is 0.478 e. The molecule has 3 aromatic rings. The Hall–Kier alpha value is -2.68. The third-order valence-corrected chi connectivity index (χ3v) is 3.95. The van der Waals surface area contributed by atoms with Gasteiger partial charge in [0.15, 0.2) is 0 Å². The summed E-state index contributed by atoms with van der Waals surface area (Å²) in [5.41, 5.74) is 5.28. The van der Waals surface area contributed by atoms with Crippen LogP contribution in [0.2, 0.25) is 0 Å². The summed E-state index contributed by atoms with van der Waals surface area (Å²) in [5.74, 6) is -0.889. The molecule has 4 rings (SSSR count). The van der Waals surface area contributed by atoms with Crippen molar-refractivity contribution >= 4 is 16.7 Å². The summed E-state index contributed by atoms with van der Waals surface area (Å²) >= 11 is 0. The fourth-order valence-electron chi connectivity index (χ4n) is 2.98. The molecule has 0 saturated carbocycles. The monoisotopic (exact) mass is 261 g/mol. The van der Waals surface area contributed by atoms with E-state index in [1.54, 1.807) is 12.1 Å². The maximum absolute atomic E-state index is 11.0. The van der Waals surface area contributed by atoms with Crippen LogP contribution in [0.1, 0.15) is 21.5 Å². The Morgan fingerprint density at radius 1 is 1.10 bits per heavy atom. The summed E-state index contributed by atoms with van der Waals surface area (Å²) in [4.78, 5) is 15.2. The number of hydrogen-bond acceptors (Lipinski definition) is 2. The predicted octanol–water partition coefficient (Wildman–Crippen LogP) is 3.50. The van der Waals surface area contributed by atoms with Gasteiger partial charge in [-0.25, -0.2) is 4.79 Å². The van der Waals surface area contributed by atoms with Gasteiger partial charge >= 0.3 is 5.97 Å². The number of carbonyl (C=O) groups is 1. The van der Waals surface area contributed by atoms with Crippen LogP contribution in [0, 0.1) is 0 Å². The van der Waals surface area contributed by atoms with Crippen molar-refractivity contribution in [2.75, 3.05) is 0 Å². The van der Waals surface area contributed by atoms with Gasteiger partial charge in [0, 0.05) is 18.0 Å². The summed E-state index contributed by atoms with van der Waals surface area (Å²) < 4.78 is 0. The molecule has 96 valence electrons. The van der Waals surface area contributed by atoms with Gasteiger partial charge in [0.25, 0.3) is 0 Å². The highest BCUT2D eigenvalue weighted by atomic mass is 16.4. The van der Waals surface area contributed by atoms with Crippen LogP contribution in [0.5, 0.6) is 0 Å². The summed E-state index contributed by atoms with van der Waals surface area (Å²) in [5, 5.41) is 11.2. The van der Waals surface area contributed by atoms with Gasteiger partial charge in [-0.3, -0.25) is 4.98 Å². The van der Waals surface area contributed by atoms with Gasteiger partial charge in [-0.15, -0.1) is 0 Å². The molecule has 3 heteroatoms. The summed E-state index contributed by atoms with van der Waals surface area (Å²) in [7, 11) is 0. The van der Waals surface area contributed by atoms with Crippen LogP contribution in [-0.2, 0) is 6.42 Å². The van der Waals surface area contributed by atoms with E-state index in [-0.39, 0.29) is 0 Å². The summed E-state index contributed by atoms with van der Waals surface area (Å²) in [6.07, 6.45) is 4.60. The Labute approximate surface area is 115 Å². The maximum atomic E-state index is 11.0. The number of aromatic nitrogens is 1. The lowest BCUT2D eigenvalue weighted by Crippen LogP contribution is -1.96.